The van der Waals surface area contributed by atoms with E-state index >= 15 is 0 Å². The van der Waals surface area contributed by atoms with Gasteiger partial charge >= 0.3 is 5.97 Å². The fourth-order valence-corrected chi connectivity index (χ4v) is 2.57. The van der Waals surface area contributed by atoms with Crippen LogP contribution >= 0.6 is 0 Å². The SMILES string of the molecule is CNC1CCC(Nc2ccc(C(=O)O)c(F)c2F)CC1. The molecular formula is C14H18F2N2O2. The van der Waals surface area contributed by atoms with Gasteiger partial charge in [-0.15, -0.1) is 0 Å². The zero-order chi connectivity index (χ0) is 14.7. The van der Waals surface area contributed by atoms with E-state index in [1.54, 1.807) is 0 Å². The quantitative estimate of drug-likeness (QED) is 0.795. The smallest absolute Gasteiger partial charge is 0.338 e. The van der Waals surface area contributed by atoms with Crippen molar-refractivity contribution in [2.45, 2.75) is 37.8 Å². The summed E-state index contributed by atoms with van der Waals surface area (Å²) in [5.74, 6) is -3.91. The molecule has 0 unspecified atom stereocenters. The summed E-state index contributed by atoms with van der Waals surface area (Å²) in [6.45, 7) is 0. The van der Waals surface area contributed by atoms with E-state index in [2.05, 4.69) is 10.6 Å². The molecule has 1 aliphatic carbocycles. The van der Waals surface area contributed by atoms with Gasteiger partial charge in [-0.2, -0.15) is 0 Å². The molecule has 4 nitrogen and oxygen atoms in total. The highest BCUT2D eigenvalue weighted by molar-refractivity contribution is 5.88. The molecular weight excluding hydrogens is 266 g/mol. The van der Waals surface area contributed by atoms with Crippen LogP contribution in [0.15, 0.2) is 12.1 Å². The summed E-state index contributed by atoms with van der Waals surface area (Å²) in [5.41, 5.74) is -0.618. The van der Waals surface area contributed by atoms with Gasteiger partial charge in [0.25, 0.3) is 0 Å². The van der Waals surface area contributed by atoms with Crippen molar-refractivity contribution in [2.75, 3.05) is 12.4 Å². The molecule has 0 aliphatic heterocycles. The first-order valence-corrected chi connectivity index (χ1v) is 6.68. The topological polar surface area (TPSA) is 61.4 Å². The summed E-state index contributed by atoms with van der Waals surface area (Å²) < 4.78 is 27.4. The number of nitrogens with one attached hydrogen (secondary N) is 2. The van der Waals surface area contributed by atoms with Crippen molar-refractivity contribution in [3.05, 3.63) is 29.3 Å². The molecule has 1 aromatic carbocycles. The molecule has 1 aromatic rings. The molecule has 0 amide bonds. The van der Waals surface area contributed by atoms with Gasteiger partial charge < -0.3 is 15.7 Å². The molecule has 2 rings (SSSR count). The number of hydrogen-bond acceptors (Lipinski definition) is 3. The van der Waals surface area contributed by atoms with Crippen LogP contribution in [0.2, 0.25) is 0 Å². The standard InChI is InChI=1S/C14H18F2N2O2/c1-17-8-2-4-9(5-3-8)18-11-7-6-10(14(19)20)12(15)13(11)16/h6-9,17-18H,2-5H2,1H3,(H,19,20). The molecule has 3 N–H and O–H groups in total. The maximum Gasteiger partial charge on any atom is 0.338 e. The molecule has 0 saturated heterocycles. The first-order chi connectivity index (χ1) is 9.52. The fraction of sp³-hybridized carbons (Fsp3) is 0.500. The van der Waals surface area contributed by atoms with Gasteiger partial charge in [0.15, 0.2) is 11.6 Å². The highest BCUT2D eigenvalue weighted by Gasteiger charge is 2.23. The first-order valence-electron chi connectivity index (χ1n) is 6.68. The van der Waals surface area contributed by atoms with E-state index in [1.165, 1.54) is 6.07 Å². The van der Waals surface area contributed by atoms with E-state index in [-0.39, 0.29) is 11.7 Å². The summed E-state index contributed by atoms with van der Waals surface area (Å²) in [6, 6.07) is 2.93. The monoisotopic (exact) mass is 284 g/mol. The molecule has 0 heterocycles. The lowest BCUT2D eigenvalue weighted by Gasteiger charge is -2.29. The third-order valence-electron chi connectivity index (χ3n) is 3.81. The maximum atomic E-state index is 13.8. The van der Waals surface area contributed by atoms with Gasteiger partial charge in [0.1, 0.15) is 0 Å². The molecule has 20 heavy (non-hydrogen) atoms. The zero-order valence-electron chi connectivity index (χ0n) is 11.2. The van der Waals surface area contributed by atoms with Crippen molar-refractivity contribution in [1.29, 1.82) is 0 Å². The van der Waals surface area contributed by atoms with Crippen molar-refractivity contribution in [2.24, 2.45) is 0 Å². The second-order valence-electron chi connectivity index (χ2n) is 5.08. The number of anilines is 1. The Morgan fingerprint density at radius 1 is 1.15 bits per heavy atom. The Labute approximate surface area is 116 Å². The second kappa shape index (κ2) is 6.17. The third-order valence-corrected chi connectivity index (χ3v) is 3.81. The molecule has 110 valence electrons. The normalized spacial score (nSPS) is 22.6. The van der Waals surface area contributed by atoms with Gasteiger partial charge in [0.05, 0.1) is 11.3 Å². The van der Waals surface area contributed by atoms with Crippen molar-refractivity contribution >= 4 is 11.7 Å². The lowest BCUT2D eigenvalue weighted by molar-refractivity contribution is 0.0690. The number of carboxylic acids is 1. The lowest BCUT2D eigenvalue weighted by atomic mass is 9.91. The minimum absolute atomic E-state index is 0.0282. The summed E-state index contributed by atoms with van der Waals surface area (Å²) in [7, 11) is 1.91. The third kappa shape index (κ3) is 3.07. The van der Waals surface area contributed by atoms with Gasteiger partial charge in [-0.1, -0.05) is 0 Å². The molecule has 1 saturated carbocycles. The zero-order valence-corrected chi connectivity index (χ0v) is 11.2. The van der Waals surface area contributed by atoms with Crippen LogP contribution in [0.5, 0.6) is 0 Å². The molecule has 0 radical (unpaired) electrons. The number of benzene rings is 1. The van der Waals surface area contributed by atoms with Crippen molar-refractivity contribution in [3.8, 4) is 0 Å². The van der Waals surface area contributed by atoms with Crippen LogP contribution in [0.25, 0.3) is 0 Å². The van der Waals surface area contributed by atoms with E-state index in [4.69, 9.17) is 5.11 Å². The van der Waals surface area contributed by atoms with Gasteiger partial charge in [0, 0.05) is 12.1 Å². The average Bonchev–Trinajstić information content (AvgIpc) is 2.44. The van der Waals surface area contributed by atoms with E-state index in [0.717, 1.165) is 31.7 Å². The second-order valence-corrected chi connectivity index (χ2v) is 5.08. The summed E-state index contributed by atoms with van der Waals surface area (Å²) in [6.07, 6.45) is 3.69. The van der Waals surface area contributed by atoms with Crippen LogP contribution in [-0.2, 0) is 0 Å². The number of hydrogen-bond donors (Lipinski definition) is 3. The summed E-state index contributed by atoms with van der Waals surface area (Å²) in [5, 5.41) is 14.9. The number of aromatic carboxylic acids is 1. The predicted octanol–water partition coefficient (Wildman–Crippen LogP) is 2.61. The van der Waals surface area contributed by atoms with Crippen molar-refractivity contribution in [3.63, 3.8) is 0 Å². The Hall–Kier alpha value is -1.69. The molecule has 0 aromatic heterocycles. The van der Waals surface area contributed by atoms with Gasteiger partial charge in [0.2, 0.25) is 0 Å². The largest absolute Gasteiger partial charge is 0.478 e. The Morgan fingerprint density at radius 3 is 2.30 bits per heavy atom. The molecule has 1 fully saturated rings. The van der Waals surface area contributed by atoms with Crippen LogP contribution < -0.4 is 10.6 Å². The highest BCUT2D eigenvalue weighted by Crippen LogP contribution is 2.26. The van der Waals surface area contributed by atoms with Crippen LogP contribution in [0.1, 0.15) is 36.0 Å². The van der Waals surface area contributed by atoms with Crippen molar-refractivity contribution < 1.29 is 18.7 Å². The number of rotatable bonds is 4. The molecule has 0 atom stereocenters. The van der Waals surface area contributed by atoms with Gasteiger partial charge in [-0.3, -0.25) is 0 Å². The molecule has 0 bridgehead atoms. The van der Waals surface area contributed by atoms with Gasteiger partial charge in [-0.05, 0) is 44.9 Å². The highest BCUT2D eigenvalue weighted by atomic mass is 19.2. The van der Waals surface area contributed by atoms with Gasteiger partial charge in [-0.25, -0.2) is 13.6 Å². The fourth-order valence-electron chi connectivity index (χ4n) is 2.57. The van der Waals surface area contributed by atoms with E-state index in [0.29, 0.717) is 6.04 Å². The minimum atomic E-state index is -1.47. The Morgan fingerprint density at radius 2 is 1.75 bits per heavy atom. The Balaban J connectivity index is 2.07. The summed E-state index contributed by atoms with van der Waals surface area (Å²) in [4.78, 5) is 10.7. The van der Waals surface area contributed by atoms with Crippen molar-refractivity contribution in [1.82, 2.24) is 5.32 Å². The number of carbonyl (C=O) groups is 1. The summed E-state index contributed by atoms with van der Waals surface area (Å²) >= 11 is 0. The molecule has 1 aliphatic rings. The van der Waals surface area contributed by atoms with Crippen LogP contribution in [0, 0.1) is 11.6 Å². The van der Waals surface area contributed by atoms with E-state index < -0.39 is 23.2 Å². The maximum absolute atomic E-state index is 13.8. The predicted molar refractivity (Wildman–Crippen MR) is 72.0 cm³/mol. The minimum Gasteiger partial charge on any atom is -0.478 e. The Kier molecular flexibility index (Phi) is 4.54. The van der Waals surface area contributed by atoms with Crippen LogP contribution in [0.3, 0.4) is 0 Å². The van der Waals surface area contributed by atoms with Crippen LogP contribution in [0.4, 0.5) is 14.5 Å². The number of carboxylic acid groups (broad SMARTS) is 1. The average molecular weight is 284 g/mol. The first kappa shape index (κ1) is 14.7. The lowest BCUT2D eigenvalue weighted by Crippen LogP contribution is -2.35. The molecule has 6 heteroatoms. The van der Waals surface area contributed by atoms with E-state index in [1.807, 2.05) is 7.05 Å². The Bertz CT molecular complexity index is 500. The van der Waals surface area contributed by atoms with Crippen LogP contribution in [-0.4, -0.2) is 30.2 Å². The van der Waals surface area contributed by atoms with E-state index in [9.17, 15) is 13.6 Å². The molecule has 0 spiro atoms. The number of halogens is 2.